The molecule has 0 spiro atoms. The van der Waals surface area contributed by atoms with E-state index in [4.69, 9.17) is 5.11 Å². The Morgan fingerprint density at radius 1 is 1.29 bits per heavy atom. The van der Waals surface area contributed by atoms with Crippen LogP contribution in [0.1, 0.15) is 45.4 Å². The topological polar surface area (TPSA) is 72.9 Å². The molecule has 2 heterocycles. The van der Waals surface area contributed by atoms with Gasteiger partial charge in [0.05, 0.1) is 6.42 Å². The van der Waals surface area contributed by atoms with E-state index in [0.717, 1.165) is 45.4 Å². The van der Waals surface area contributed by atoms with Crippen molar-refractivity contribution in [2.75, 3.05) is 26.2 Å². The Morgan fingerprint density at radius 3 is 2.76 bits per heavy atom. The Kier molecular flexibility index (Phi) is 5.85. The Labute approximate surface area is 126 Å². The summed E-state index contributed by atoms with van der Waals surface area (Å²) in [4.78, 5) is 27.6. The zero-order valence-electron chi connectivity index (χ0n) is 12.9. The smallest absolute Gasteiger partial charge is 0.317 e. The second-order valence-electron chi connectivity index (χ2n) is 6.16. The van der Waals surface area contributed by atoms with Crippen LogP contribution < -0.4 is 5.32 Å². The first kappa shape index (κ1) is 16.1. The molecular formula is C15H27N3O3. The Morgan fingerprint density at radius 2 is 2.05 bits per heavy atom. The predicted molar refractivity (Wildman–Crippen MR) is 80.3 cm³/mol. The molecule has 2 aliphatic rings. The summed E-state index contributed by atoms with van der Waals surface area (Å²) in [6.45, 7) is 5.77. The lowest BCUT2D eigenvalue weighted by molar-refractivity contribution is -0.137. The molecule has 0 saturated carbocycles. The number of hydrogen-bond donors (Lipinski definition) is 2. The average molecular weight is 297 g/mol. The normalized spacial score (nSPS) is 24.2. The molecule has 2 unspecified atom stereocenters. The number of carbonyl (C=O) groups excluding carboxylic acids is 1. The Balaban J connectivity index is 1.89. The first-order valence-corrected chi connectivity index (χ1v) is 8.11. The van der Waals surface area contributed by atoms with Crippen LogP contribution >= 0.6 is 0 Å². The van der Waals surface area contributed by atoms with Crippen molar-refractivity contribution in [3.8, 4) is 0 Å². The Bertz CT molecular complexity index is 375. The minimum Gasteiger partial charge on any atom is -0.481 e. The summed E-state index contributed by atoms with van der Waals surface area (Å²) in [5.41, 5.74) is 0. The van der Waals surface area contributed by atoms with Crippen molar-refractivity contribution in [1.29, 1.82) is 0 Å². The van der Waals surface area contributed by atoms with E-state index < -0.39 is 5.97 Å². The molecule has 2 amide bonds. The second kappa shape index (κ2) is 7.64. The van der Waals surface area contributed by atoms with Gasteiger partial charge in [-0.05, 0) is 32.2 Å². The molecule has 0 aromatic rings. The van der Waals surface area contributed by atoms with Crippen molar-refractivity contribution >= 4 is 12.0 Å². The van der Waals surface area contributed by atoms with E-state index in [-0.39, 0.29) is 18.5 Å². The minimum atomic E-state index is -0.855. The fourth-order valence-electron chi connectivity index (χ4n) is 3.44. The van der Waals surface area contributed by atoms with E-state index in [1.165, 1.54) is 6.42 Å². The maximum Gasteiger partial charge on any atom is 0.317 e. The minimum absolute atomic E-state index is 0.00295. The molecule has 0 bridgehead atoms. The molecule has 2 fully saturated rings. The van der Waals surface area contributed by atoms with Gasteiger partial charge in [-0.2, -0.15) is 0 Å². The summed E-state index contributed by atoms with van der Waals surface area (Å²) in [6, 6.07) is 0.133. The number of carboxylic acid groups (broad SMARTS) is 1. The van der Waals surface area contributed by atoms with E-state index in [2.05, 4.69) is 10.2 Å². The number of nitrogens with zero attached hydrogens (tertiary/aromatic N) is 2. The zero-order valence-corrected chi connectivity index (χ0v) is 12.9. The molecule has 2 rings (SSSR count). The first-order chi connectivity index (χ1) is 10.1. The number of hydrogen-bond acceptors (Lipinski definition) is 3. The van der Waals surface area contributed by atoms with E-state index in [9.17, 15) is 9.59 Å². The van der Waals surface area contributed by atoms with Gasteiger partial charge in [0.1, 0.15) is 0 Å². The SMILES string of the molecule is CCCC(CC(=O)O)NC(=O)N1CCCN2CCCC2C1. The number of amides is 2. The fraction of sp³-hybridized carbons (Fsp3) is 0.867. The standard InChI is InChI=1S/C15H27N3O3/c1-2-5-12(10-14(19)20)16-15(21)18-9-4-8-17-7-3-6-13(17)11-18/h12-13H,2-11H2,1H3,(H,16,21)(H,19,20). The quantitative estimate of drug-likeness (QED) is 0.807. The third-order valence-corrected chi connectivity index (χ3v) is 4.48. The van der Waals surface area contributed by atoms with Gasteiger partial charge < -0.3 is 15.3 Å². The van der Waals surface area contributed by atoms with Gasteiger partial charge in [-0.1, -0.05) is 13.3 Å². The molecule has 120 valence electrons. The van der Waals surface area contributed by atoms with Crippen molar-refractivity contribution in [2.45, 2.75) is 57.5 Å². The molecule has 2 N–H and O–H groups in total. The molecule has 6 nitrogen and oxygen atoms in total. The van der Waals surface area contributed by atoms with Crippen molar-refractivity contribution in [3.05, 3.63) is 0 Å². The van der Waals surface area contributed by atoms with Crippen LogP contribution in [-0.4, -0.2) is 65.2 Å². The average Bonchev–Trinajstić information content (AvgIpc) is 2.75. The fourth-order valence-corrected chi connectivity index (χ4v) is 3.44. The lowest BCUT2D eigenvalue weighted by atomic mass is 10.1. The maximum atomic E-state index is 12.4. The van der Waals surface area contributed by atoms with E-state index >= 15 is 0 Å². The van der Waals surface area contributed by atoms with Gasteiger partial charge >= 0.3 is 12.0 Å². The third kappa shape index (κ3) is 4.59. The van der Waals surface area contributed by atoms with Gasteiger partial charge in [0.15, 0.2) is 0 Å². The van der Waals surface area contributed by atoms with Crippen molar-refractivity contribution < 1.29 is 14.7 Å². The highest BCUT2D eigenvalue weighted by atomic mass is 16.4. The second-order valence-corrected chi connectivity index (χ2v) is 6.16. The number of aliphatic carboxylic acids is 1. The molecule has 0 radical (unpaired) electrons. The predicted octanol–water partition coefficient (Wildman–Crippen LogP) is 1.51. The van der Waals surface area contributed by atoms with E-state index in [0.29, 0.717) is 12.5 Å². The highest BCUT2D eigenvalue weighted by Crippen LogP contribution is 2.21. The highest BCUT2D eigenvalue weighted by Gasteiger charge is 2.31. The van der Waals surface area contributed by atoms with Crippen molar-refractivity contribution in [3.63, 3.8) is 0 Å². The summed E-state index contributed by atoms with van der Waals surface area (Å²) >= 11 is 0. The third-order valence-electron chi connectivity index (χ3n) is 4.48. The molecule has 2 aliphatic heterocycles. The number of urea groups is 1. The lowest BCUT2D eigenvalue weighted by Crippen LogP contribution is -2.48. The summed E-state index contributed by atoms with van der Waals surface area (Å²) in [5, 5.41) is 11.8. The maximum absolute atomic E-state index is 12.4. The number of nitrogens with one attached hydrogen (secondary N) is 1. The summed E-state index contributed by atoms with van der Waals surface area (Å²) in [6.07, 6.45) is 4.97. The van der Waals surface area contributed by atoms with Crippen molar-refractivity contribution in [2.24, 2.45) is 0 Å². The lowest BCUT2D eigenvalue weighted by Gasteiger charge is -2.27. The molecule has 0 aromatic heterocycles. The van der Waals surface area contributed by atoms with Crippen LogP contribution in [0.2, 0.25) is 0 Å². The van der Waals surface area contributed by atoms with Gasteiger partial charge in [-0.3, -0.25) is 9.69 Å². The molecular weight excluding hydrogens is 270 g/mol. The molecule has 6 heteroatoms. The number of rotatable bonds is 5. The highest BCUT2D eigenvalue weighted by molar-refractivity contribution is 5.76. The van der Waals surface area contributed by atoms with E-state index in [1.807, 2.05) is 11.8 Å². The van der Waals surface area contributed by atoms with E-state index in [1.54, 1.807) is 0 Å². The number of carboxylic acids is 1. The summed E-state index contributed by atoms with van der Waals surface area (Å²) in [7, 11) is 0. The molecule has 2 atom stereocenters. The van der Waals surface area contributed by atoms with Crippen LogP contribution in [0.3, 0.4) is 0 Å². The summed E-state index contributed by atoms with van der Waals surface area (Å²) < 4.78 is 0. The van der Waals surface area contributed by atoms with Crippen molar-refractivity contribution in [1.82, 2.24) is 15.1 Å². The first-order valence-electron chi connectivity index (χ1n) is 8.11. The monoisotopic (exact) mass is 297 g/mol. The molecule has 21 heavy (non-hydrogen) atoms. The number of fused-ring (bicyclic) bond motifs is 1. The molecule has 0 aromatic carbocycles. The summed E-state index contributed by atoms with van der Waals surface area (Å²) in [5.74, 6) is -0.855. The zero-order chi connectivity index (χ0) is 15.2. The van der Waals surface area contributed by atoms with Gasteiger partial charge in [0.2, 0.25) is 0 Å². The van der Waals surface area contributed by atoms with Gasteiger partial charge in [0.25, 0.3) is 0 Å². The van der Waals surface area contributed by atoms with Crippen LogP contribution in [0.15, 0.2) is 0 Å². The van der Waals surface area contributed by atoms with Crippen LogP contribution in [0.4, 0.5) is 4.79 Å². The largest absolute Gasteiger partial charge is 0.481 e. The molecule has 0 aliphatic carbocycles. The van der Waals surface area contributed by atoms with Gasteiger partial charge in [0, 0.05) is 31.7 Å². The molecule has 2 saturated heterocycles. The van der Waals surface area contributed by atoms with Crippen LogP contribution in [0.5, 0.6) is 0 Å². The van der Waals surface area contributed by atoms with Gasteiger partial charge in [-0.15, -0.1) is 0 Å². The van der Waals surface area contributed by atoms with Crippen LogP contribution in [0.25, 0.3) is 0 Å². The Hall–Kier alpha value is -1.30. The van der Waals surface area contributed by atoms with Crippen LogP contribution in [0, 0.1) is 0 Å². The van der Waals surface area contributed by atoms with Gasteiger partial charge in [-0.25, -0.2) is 4.79 Å². The van der Waals surface area contributed by atoms with Crippen LogP contribution in [-0.2, 0) is 4.79 Å². The number of carbonyl (C=O) groups is 2.